The van der Waals surface area contributed by atoms with Crippen molar-refractivity contribution in [3.63, 3.8) is 0 Å². The first-order valence-corrected chi connectivity index (χ1v) is 10.8. The third-order valence-electron chi connectivity index (χ3n) is 6.40. The van der Waals surface area contributed by atoms with E-state index in [9.17, 15) is 18.0 Å². The van der Waals surface area contributed by atoms with E-state index in [1.54, 1.807) is 32.3 Å². The largest absolute Gasteiger partial charge is 0.417 e. The molecule has 1 aliphatic carbocycles. The van der Waals surface area contributed by atoms with E-state index in [0.29, 0.717) is 11.5 Å². The second kappa shape index (κ2) is 8.22. The highest BCUT2D eigenvalue weighted by atomic mass is 19.4. The van der Waals surface area contributed by atoms with Crippen molar-refractivity contribution in [3.8, 4) is 23.0 Å². The summed E-state index contributed by atoms with van der Waals surface area (Å²) in [4.78, 5) is 13.2. The average molecular weight is 454 g/mol. The van der Waals surface area contributed by atoms with E-state index in [1.165, 1.54) is 0 Å². The molecular formula is C25H25F3N4O. The summed E-state index contributed by atoms with van der Waals surface area (Å²) in [5.74, 6) is 6.73. The van der Waals surface area contributed by atoms with Crippen molar-refractivity contribution in [2.24, 2.45) is 13.0 Å². The maximum absolute atomic E-state index is 13.7. The van der Waals surface area contributed by atoms with E-state index in [-0.39, 0.29) is 11.0 Å². The van der Waals surface area contributed by atoms with E-state index >= 15 is 0 Å². The first-order chi connectivity index (χ1) is 15.6. The predicted molar refractivity (Wildman–Crippen MR) is 119 cm³/mol. The first kappa shape index (κ1) is 22.8. The normalized spacial score (nSPS) is 21.1. The Hall–Kier alpha value is -3.34. The highest BCUT2D eigenvalue weighted by Gasteiger charge is 2.48. The van der Waals surface area contributed by atoms with Crippen LogP contribution in [0.15, 0.2) is 47.7 Å². The average Bonchev–Trinajstić information content (AvgIpc) is 3.17. The number of benzene rings is 1. The Labute approximate surface area is 190 Å². The topological polar surface area (TPSA) is 52.7 Å². The van der Waals surface area contributed by atoms with Crippen LogP contribution in [-0.4, -0.2) is 19.3 Å². The van der Waals surface area contributed by atoms with Crippen LogP contribution in [0.25, 0.3) is 11.1 Å². The minimum absolute atomic E-state index is 0.00286. The van der Waals surface area contributed by atoms with Gasteiger partial charge in [0.2, 0.25) is 0 Å². The molecule has 33 heavy (non-hydrogen) atoms. The SMILES string of the molecule is CC#C[C@H](C)n1cc(C(F)(F)F)cc(-c2cccc(C3(c4nncn4C)CC(C)C3)c2)c1=O. The van der Waals surface area contributed by atoms with Gasteiger partial charge in [-0.3, -0.25) is 4.79 Å². The summed E-state index contributed by atoms with van der Waals surface area (Å²) in [5.41, 5.74) is -0.425. The molecule has 1 atom stereocenters. The Kier molecular flexibility index (Phi) is 5.69. The van der Waals surface area contributed by atoms with Crippen molar-refractivity contribution >= 4 is 0 Å². The van der Waals surface area contributed by atoms with E-state index in [2.05, 4.69) is 29.0 Å². The van der Waals surface area contributed by atoms with Gasteiger partial charge in [0.25, 0.3) is 5.56 Å². The molecular weight excluding hydrogens is 429 g/mol. The Morgan fingerprint density at radius 1 is 1.24 bits per heavy atom. The summed E-state index contributed by atoms with van der Waals surface area (Å²) in [6, 6.07) is 7.46. The molecule has 0 spiro atoms. The number of aromatic nitrogens is 4. The van der Waals surface area contributed by atoms with Crippen molar-refractivity contribution < 1.29 is 13.2 Å². The molecule has 0 N–H and O–H groups in total. The summed E-state index contributed by atoms with van der Waals surface area (Å²) in [5, 5.41) is 8.35. The zero-order chi connectivity index (χ0) is 24.0. The lowest BCUT2D eigenvalue weighted by Gasteiger charge is -2.46. The molecule has 0 amide bonds. The number of pyridine rings is 1. The number of hydrogen-bond acceptors (Lipinski definition) is 3. The van der Waals surface area contributed by atoms with Gasteiger partial charge in [-0.15, -0.1) is 16.1 Å². The Morgan fingerprint density at radius 2 is 1.97 bits per heavy atom. The van der Waals surface area contributed by atoms with Crippen LogP contribution in [0, 0.1) is 17.8 Å². The van der Waals surface area contributed by atoms with E-state index in [4.69, 9.17) is 0 Å². The van der Waals surface area contributed by atoms with Crippen LogP contribution < -0.4 is 5.56 Å². The molecule has 2 aromatic heterocycles. The van der Waals surface area contributed by atoms with Crippen molar-refractivity contribution in [2.45, 2.75) is 51.2 Å². The van der Waals surface area contributed by atoms with Crippen LogP contribution in [0.2, 0.25) is 0 Å². The number of rotatable bonds is 4. The molecule has 0 bridgehead atoms. The lowest BCUT2D eigenvalue weighted by Crippen LogP contribution is -2.43. The molecule has 1 aliphatic rings. The lowest BCUT2D eigenvalue weighted by atomic mass is 9.58. The molecule has 172 valence electrons. The number of alkyl halides is 3. The monoisotopic (exact) mass is 454 g/mol. The molecule has 3 aromatic rings. The second-order valence-corrected chi connectivity index (χ2v) is 8.86. The molecule has 1 fully saturated rings. The van der Waals surface area contributed by atoms with E-state index in [0.717, 1.165) is 41.1 Å². The highest BCUT2D eigenvalue weighted by molar-refractivity contribution is 5.65. The smallest absolute Gasteiger partial charge is 0.320 e. The Bertz CT molecular complexity index is 1300. The van der Waals surface area contributed by atoms with Crippen LogP contribution >= 0.6 is 0 Å². The number of hydrogen-bond donors (Lipinski definition) is 0. The van der Waals surface area contributed by atoms with Crippen LogP contribution in [0.3, 0.4) is 0 Å². The maximum Gasteiger partial charge on any atom is 0.417 e. The summed E-state index contributed by atoms with van der Waals surface area (Å²) in [6.07, 6.45) is -0.410. The maximum atomic E-state index is 13.7. The standard InChI is InChI=1S/C25H25F3N4O/c1-5-7-17(3)32-14-20(25(26,27)28)11-21(22(32)33)18-8-6-9-19(10-18)24(12-16(2)13-24)23-30-29-15-31(23)4/h6,8-11,14-17H,12-13H2,1-4H3/t16?,17-,24?/m0/s1. The molecule has 8 heteroatoms. The number of aryl methyl sites for hydroxylation is 1. The van der Waals surface area contributed by atoms with Gasteiger partial charge in [0.1, 0.15) is 12.2 Å². The molecule has 0 radical (unpaired) electrons. The molecule has 0 aliphatic heterocycles. The zero-order valence-corrected chi connectivity index (χ0v) is 18.9. The van der Waals surface area contributed by atoms with Gasteiger partial charge in [-0.05, 0) is 55.9 Å². The zero-order valence-electron chi connectivity index (χ0n) is 18.9. The molecule has 2 heterocycles. The second-order valence-electron chi connectivity index (χ2n) is 8.86. The molecule has 0 unspecified atom stereocenters. The summed E-state index contributed by atoms with van der Waals surface area (Å²) in [7, 11) is 1.88. The van der Waals surface area contributed by atoms with Gasteiger partial charge < -0.3 is 9.13 Å². The van der Waals surface area contributed by atoms with E-state index in [1.807, 2.05) is 23.7 Å². The minimum atomic E-state index is -4.59. The third kappa shape index (κ3) is 3.97. The summed E-state index contributed by atoms with van der Waals surface area (Å²) in [6.45, 7) is 5.35. The third-order valence-corrected chi connectivity index (χ3v) is 6.40. The van der Waals surface area contributed by atoms with Crippen molar-refractivity contribution in [2.75, 3.05) is 0 Å². The number of halogens is 3. The van der Waals surface area contributed by atoms with Gasteiger partial charge in [0, 0.05) is 18.8 Å². The lowest BCUT2D eigenvalue weighted by molar-refractivity contribution is -0.138. The van der Waals surface area contributed by atoms with E-state index < -0.39 is 23.3 Å². The molecule has 0 saturated heterocycles. The van der Waals surface area contributed by atoms with Crippen LogP contribution in [0.4, 0.5) is 13.2 Å². The van der Waals surface area contributed by atoms with Crippen LogP contribution in [0.5, 0.6) is 0 Å². The molecule has 5 nitrogen and oxygen atoms in total. The predicted octanol–water partition coefficient (Wildman–Crippen LogP) is 4.96. The van der Waals surface area contributed by atoms with Gasteiger partial charge in [0.05, 0.1) is 17.0 Å². The Balaban J connectivity index is 1.90. The minimum Gasteiger partial charge on any atom is -0.320 e. The summed E-state index contributed by atoms with van der Waals surface area (Å²) >= 11 is 0. The summed E-state index contributed by atoms with van der Waals surface area (Å²) < 4.78 is 44.0. The van der Waals surface area contributed by atoms with Crippen LogP contribution in [0.1, 0.15) is 56.6 Å². The fourth-order valence-electron chi connectivity index (χ4n) is 4.91. The van der Waals surface area contributed by atoms with Gasteiger partial charge >= 0.3 is 6.18 Å². The quantitative estimate of drug-likeness (QED) is 0.524. The molecule has 4 rings (SSSR count). The molecule has 1 saturated carbocycles. The molecule has 1 aromatic carbocycles. The van der Waals surface area contributed by atoms with Gasteiger partial charge in [-0.25, -0.2) is 0 Å². The highest BCUT2D eigenvalue weighted by Crippen LogP contribution is 2.51. The van der Waals surface area contributed by atoms with Crippen LogP contribution in [-0.2, 0) is 18.6 Å². The number of nitrogens with zero attached hydrogens (tertiary/aromatic N) is 4. The van der Waals surface area contributed by atoms with Crippen molar-refractivity contribution in [3.05, 3.63) is 70.2 Å². The first-order valence-electron chi connectivity index (χ1n) is 10.8. The van der Waals surface area contributed by atoms with Gasteiger partial charge in [-0.1, -0.05) is 31.0 Å². The van der Waals surface area contributed by atoms with Gasteiger partial charge in [0.15, 0.2) is 0 Å². The fourth-order valence-corrected chi connectivity index (χ4v) is 4.91. The Morgan fingerprint density at radius 3 is 2.55 bits per heavy atom. The van der Waals surface area contributed by atoms with Gasteiger partial charge in [-0.2, -0.15) is 13.2 Å². The van der Waals surface area contributed by atoms with Crippen molar-refractivity contribution in [1.29, 1.82) is 0 Å². The van der Waals surface area contributed by atoms with Crippen molar-refractivity contribution in [1.82, 2.24) is 19.3 Å². The fraction of sp³-hybridized carbons (Fsp3) is 0.400.